The molecule has 1 aliphatic rings. The van der Waals surface area contributed by atoms with Gasteiger partial charge < -0.3 is 10.0 Å². The van der Waals surface area contributed by atoms with Gasteiger partial charge in [-0.05, 0) is 24.6 Å². The third-order valence-electron chi connectivity index (χ3n) is 3.78. The molecule has 1 fully saturated rings. The Labute approximate surface area is 133 Å². The highest BCUT2D eigenvalue weighted by molar-refractivity contribution is 6.33. The Hall–Kier alpha value is -1.66. The van der Waals surface area contributed by atoms with Crippen LogP contribution in [-0.2, 0) is 4.79 Å². The van der Waals surface area contributed by atoms with Crippen LogP contribution >= 0.6 is 11.6 Å². The van der Waals surface area contributed by atoms with Gasteiger partial charge in [-0.1, -0.05) is 11.6 Å². The van der Waals surface area contributed by atoms with Crippen molar-refractivity contribution in [3.8, 4) is 0 Å². The maximum absolute atomic E-state index is 13.6. The van der Waals surface area contributed by atoms with Crippen LogP contribution in [0.4, 0.5) is 4.39 Å². The smallest absolute Gasteiger partial charge is 0.304 e. The van der Waals surface area contributed by atoms with Crippen LogP contribution < -0.4 is 0 Å². The Morgan fingerprint density at radius 1 is 1.27 bits per heavy atom. The van der Waals surface area contributed by atoms with Crippen molar-refractivity contribution in [3.05, 3.63) is 34.1 Å². The van der Waals surface area contributed by atoms with Crippen LogP contribution in [0, 0.1) is 12.7 Å². The van der Waals surface area contributed by atoms with E-state index < -0.39 is 11.8 Å². The third-order valence-corrected chi connectivity index (χ3v) is 4.09. The van der Waals surface area contributed by atoms with Gasteiger partial charge in [0.1, 0.15) is 5.82 Å². The minimum atomic E-state index is -0.833. The standard InChI is InChI=1S/C15H18ClFN2O3/c1-10-8-12(16)11(9-13(10)17)15(22)19-6-4-18(5-7-19)3-2-14(20)21/h8-9H,2-7H2,1H3,(H,20,21). The summed E-state index contributed by atoms with van der Waals surface area (Å²) in [5, 5.41) is 8.92. The molecule has 0 aliphatic carbocycles. The molecule has 1 amide bonds. The maximum atomic E-state index is 13.6. The van der Waals surface area contributed by atoms with Gasteiger partial charge in [0.25, 0.3) is 5.91 Å². The second-order valence-corrected chi connectivity index (χ2v) is 5.77. The van der Waals surface area contributed by atoms with Crippen molar-refractivity contribution >= 4 is 23.5 Å². The molecule has 1 aliphatic heterocycles. The molecule has 0 saturated carbocycles. The van der Waals surface area contributed by atoms with Gasteiger partial charge in [0.2, 0.25) is 0 Å². The van der Waals surface area contributed by atoms with Gasteiger partial charge in [-0.25, -0.2) is 4.39 Å². The van der Waals surface area contributed by atoms with Crippen LogP contribution in [0.25, 0.3) is 0 Å². The van der Waals surface area contributed by atoms with Crippen molar-refractivity contribution in [3.63, 3.8) is 0 Å². The first-order valence-electron chi connectivity index (χ1n) is 7.07. The maximum Gasteiger partial charge on any atom is 0.304 e. The molecule has 0 radical (unpaired) electrons. The molecule has 1 heterocycles. The number of carboxylic acid groups (broad SMARTS) is 1. The summed E-state index contributed by atoms with van der Waals surface area (Å²) in [6.07, 6.45) is 0.0863. The summed E-state index contributed by atoms with van der Waals surface area (Å²) in [5.41, 5.74) is 0.573. The zero-order valence-electron chi connectivity index (χ0n) is 12.3. The quantitative estimate of drug-likeness (QED) is 0.918. The van der Waals surface area contributed by atoms with Crippen molar-refractivity contribution < 1.29 is 19.1 Å². The van der Waals surface area contributed by atoms with Crippen LogP contribution in [0.2, 0.25) is 5.02 Å². The lowest BCUT2D eigenvalue weighted by molar-refractivity contribution is -0.137. The Kier molecular flexibility index (Phi) is 5.37. The first kappa shape index (κ1) is 16.7. The molecule has 0 aromatic heterocycles. The zero-order chi connectivity index (χ0) is 16.3. The van der Waals surface area contributed by atoms with Crippen LogP contribution in [-0.4, -0.2) is 59.5 Å². The summed E-state index contributed by atoms with van der Waals surface area (Å²) in [6.45, 7) is 4.22. The van der Waals surface area contributed by atoms with E-state index in [0.717, 1.165) is 0 Å². The summed E-state index contributed by atoms with van der Waals surface area (Å²) in [6, 6.07) is 2.63. The normalized spacial score (nSPS) is 15.9. The highest BCUT2D eigenvalue weighted by atomic mass is 35.5. The molecular weight excluding hydrogens is 311 g/mol. The molecule has 0 unspecified atom stereocenters. The van der Waals surface area contributed by atoms with E-state index in [0.29, 0.717) is 38.3 Å². The number of carbonyl (C=O) groups is 2. The molecule has 2 rings (SSSR count). The van der Waals surface area contributed by atoms with Crippen LogP contribution in [0.5, 0.6) is 0 Å². The second kappa shape index (κ2) is 7.07. The number of hydrogen-bond donors (Lipinski definition) is 1. The molecule has 0 atom stereocenters. The molecular formula is C15H18ClFN2O3. The number of carbonyl (C=O) groups excluding carboxylic acids is 1. The first-order chi connectivity index (χ1) is 10.4. The molecule has 1 aromatic rings. The topological polar surface area (TPSA) is 60.9 Å². The summed E-state index contributed by atoms with van der Waals surface area (Å²) >= 11 is 6.04. The predicted octanol–water partition coefficient (Wildman–Crippen LogP) is 2.02. The number of aryl methyl sites for hydroxylation is 1. The Balaban J connectivity index is 1.98. The highest BCUT2D eigenvalue weighted by Crippen LogP contribution is 2.22. The number of aliphatic carboxylic acids is 1. The fourth-order valence-corrected chi connectivity index (χ4v) is 2.71. The van der Waals surface area contributed by atoms with Crippen LogP contribution in [0.3, 0.4) is 0 Å². The Bertz CT molecular complexity index is 586. The van der Waals surface area contributed by atoms with Crippen molar-refractivity contribution in [2.75, 3.05) is 32.7 Å². The van der Waals surface area contributed by atoms with E-state index in [4.69, 9.17) is 16.7 Å². The average molecular weight is 329 g/mol. The summed E-state index contributed by atoms with van der Waals surface area (Å²) in [4.78, 5) is 26.6. The van der Waals surface area contributed by atoms with E-state index in [-0.39, 0.29) is 22.9 Å². The monoisotopic (exact) mass is 328 g/mol. The minimum Gasteiger partial charge on any atom is -0.481 e. The third kappa shape index (κ3) is 3.96. The Morgan fingerprint density at radius 3 is 2.50 bits per heavy atom. The van der Waals surface area contributed by atoms with E-state index in [1.165, 1.54) is 12.1 Å². The number of nitrogens with zero attached hydrogens (tertiary/aromatic N) is 2. The summed E-state index contributed by atoms with van der Waals surface area (Å²) < 4.78 is 13.6. The average Bonchev–Trinajstić information content (AvgIpc) is 2.48. The summed E-state index contributed by atoms with van der Waals surface area (Å²) in [5.74, 6) is -1.57. The SMILES string of the molecule is Cc1cc(Cl)c(C(=O)N2CCN(CCC(=O)O)CC2)cc1F. The van der Waals surface area contributed by atoms with E-state index in [1.807, 2.05) is 4.90 Å². The summed E-state index contributed by atoms with van der Waals surface area (Å²) in [7, 11) is 0. The first-order valence-corrected chi connectivity index (χ1v) is 7.45. The zero-order valence-corrected chi connectivity index (χ0v) is 13.1. The van der Waals surface area contributed by atoms with Gasteiger partial charge in [-0.2, -0.15) is 0 Å². The molecule has 120 valence electrons. The second-order valence-electron chi connectivity index (χ2n) is 5.36. The molecule has 0 bridgehead atoms. The number of carboxylic acids is 1. The molecule has 1 N–H and O–H groups in total. The number of piperazine rings is 1. The van der Waals surface area contributed by atoms with Gasteiger partial charge in [-0.15, -0.1) is 0 Å². The largest absolute Gasteiger partial charge is 0.481 e. The molecule has 7 heteroatoms. The predicted molar refractivity (Wildman–Crippen MR) is 80.7 cm³/mol. The molecule has 1 aromatic carbocycles. The van der Waals surface area contributed by atoms with Gasteiger partial charge in [0.15, 0.2) is 0 Å². The lowest BCUT2D eigenvalue weighted by Crippen LogP contribution is -2.49. The van der Waals surface area contributed by atoms with Gasteiger partial charge >= 0.3 is 5.97 Å². The van der Waals surface area contributed by atoms with Gasteiger partial charge in [0, 0.05) is 32.7 Å². The highest BCUT2D eigenvalue weighted by Gasteiger charge is 2.24. The van der Waals surface area contributed by atoms with Crippen molar-refractivity contribution in [1.82, 2.24) is 9.80 Å². The molecule has 1 saturated heterocycles. The van der Waals surface area contributed by atoms with E-state index in [2.05, 4.69) is 0 Å². The number of benzene rings is 1. The molecule has 0 spiro atoms. The lowest BCUT2D eigenvalue weighted by atomic mass is 10.1. The molecule has 5 nitrogen and oxygen atoms in total. The van der Waals surface area contributed by atoms with E-state index >= 15 is 0 Å². The van der Waals surface area contributed by atoms with E-state index in [9.17, 15) is 14.0 Å². The van der Waals surface area contributed by atoms with Crippen molar-refractivity contribution in [1.29, 1.82) is 0 Å². The van der Waals surface area contributed by atoms with E-state index in [1.54, 1.807) is 11.8 Å². The fraction of sp³-hybridized carbons (Fsp3) is 0.467. The number of amides is 1. The Morgan fingerprint density at radius 2 is 1.91 bits per heavy atom. The number of rotatable bonds is 4. The number of hydrogen-bond acceptors (Lipinski definition) is 3. The number of halogens is 2. The van der Waals surface area contributed by atoms with Crippen LogP contribution in [0.15, 0.2) is 12.1 Å². The van der Waals surface area contributed by atoms with Gasteiger partial charge in [0.05, 0.1) is 17.0 Å². The molecule has 22 heavy (non-hydrogen) atoms. The van der Waals surface area contributed by atoms with Crippen LogP contribution in [0.1, 0.15) is 22.3 Å². The van der Waals surface area contributed by atoms with Gasteiger partial charge in [-0.3, -0.25) is 14.5 Å². The fourth-order valence-electron chi connectivity index (χ4n) is 2.41. The van der Waals surface area contributed by atoms with Crippen molar-refractivity contribution in [2.45, 2.75) is 13.3 Å². The minimum absolute atomic E-state index is 0.0863. The van der Waals surface area contributed by atoms with Crippen molar-refractivity contribution in [2.24, 2.45) is 0 Å². The lowest BCUT2D eigenvalue weighted by Gasteiger charge is -2.34.